The van der Waals surface area contributed by atoms with Crippen LogP contribution in [-0.4, -0.2) is 198 Å². The molecule has 0 amide bonds. The lowest BCUT2D eigenvalue weighted by Gasteiger charge is -2.33. The molecule has 0 aliphatic heterocycles. The molecular formula is C115H215N3O21. The van der Waals surface area contributed by atoms with Gasteiger partial charge in [0.2, 0.25) is 0 Å². The number of carbonyl (C=O) groups excluding carboxylic acids is 5. The number of nitrogens with zero attached hydrogens (tertiary/aromatic N) is 3. The van der Waals surface area contributed by atoms with E-state index in [0.29, 0.717) is 38.5 Å². The average Bonchev–Trinajstić information content (AvgIpc) is 0.836. The van der Waals surface area contributed by atoms with Crippen LogP contribution in [0.1, 0.15) is 555 Å². The highest BCUT2D eigenvalue weighted by molar-refractivity contribution is 5.81. The van der Waals surface area contributed by atoms with E-state index in [1.54, 1.807) is 0 Å². The lowest BCUT2D eigenvalue weighted by Crippen LogP contribution is -2.50. The van der Waals surface area contributed by atoms with Crippen molar-refractivity contribution in [2.24, 2.45) is 23.2 Å². The van der Waals surface area contributed by atoms with Gasteiger partial charge in [-0.3, -0.25) is 57.9 Å². The summed E-state index contributed by atoms with van der Waals surface area (Å²) < 4.78 is 37.3. The van der Waals surface area contributed by atoms with Crippen molar-refractivity contribution >= 4 is 59.9 Å². The van der Waals surface area contributed by atoms with Gasteiger partial charge in [0, 0.05) is 32.6 Å². The molecular weight excluding hydrogens is 1760 g/mol. The molecule has 0 fully saturated rings. The molecule has 24 nitrogen and oxygen atoms in total. The lowest BCUT2D eigenvalue weighted by molar-refractivity contribution is -0.172. The topological polar surface area (TPSA) is 337 Å². The summed E-state index contributed by atoms with van der Waals surface area (Å²) in [4.78, 5) is 137. The maximum Gasteiger partial charge on any atom is 0.508 e. The van der Waals surface area contributed by atoms with E-state index >= 15 is 14.4 Å². The van der Waals surface area contributed by atoms with E-state index in [-0.39, 0.29) is 45.8 Å². The molecule has 0 aliphatic rings. The number of hydrogen-bond acceptors (Lipinski definition) is 19. The molecule has 139 heavy (non-hydrogen) atoms. The lowest BCUT2D eigenvalue weighted by atomic mass is 9.90. The summed E-state index contributed by atoms with van der Waals surface area (Å²) in [7, 11) is 0. The van der Waals surface area contributed by atoms with E-state index in [0.717, 1.165) is 164 Å². The van der Waals surface area contributed by atoms with E-state index in [9.17, 15) is 59.1 Å². The number of unbranched alkanes of at least 4 members (excludes halogenated alkanes) is 66. The fourth-order valence-corrected chi connectivity index (χ4v) is 19.2. The van der Waals surface area contributed by atoms with Crippen LogP contribution in [0.3, 0.4) is 0 Å². The van der Waals surface area contributed by atoms with Crippen LogP contribution in [-0.2, 0) is 71.6 Å². The molecule has 816 valence electrons. The Morgan fingerprint density at radius 1 is 0.223 bits per heavy atom. The van der Waals surface area contributed by atoms with Crippen molar-refractivity contribution in [2.45, 2.75) is 561 Å². The number of carbonyl (C=O) groups is 10. The van der Waals surface area contributed by atoms with Gasteiger partial charge in [0.15, 0.2) is 0 Å². The Labute approximate surface area is 848 Å². The first-order valence-corrected chi connectivity index (χ1v) is 58.3. The van der Waals surface area contributed by atoms with Gasteiger partial charge < -0.3 is 54.0 Å². The van der Waals surface area contributed by atoms with E-state index in [1.165, 1.54) is 313 Å². The molecule has 1 atom stereocenters. The van der Waals surface area contributed by atoms with Gasteiger partial charge in [0.25, 0.3) is 0 Å². The van der Waals surface area contributed by atoms with Crippen molar-refractivity contribution in [3.63, 3.8) is 0 Å². The smallest absolute Gasteiger partial charge is 0.480 e. The van der Waals surface area contributed by atoms with Crippen molar-refractivity contribution in [3.8, 4) is 0 Å². The Morgan fingerprint density at radius 3 is 0.604 bits per heavy atom. The molecule has 24 heteroatoms. The second-order valence-electron chi connectivity index (χ2n) is 41.5. The highest BCUT2D eigenvalue weighted by atomic mass is 16.7. The minimum Gasteiger partial charge on any atom is -0.480 e. The Balaban J connectivity index is 8.08. The summed E-state index contributed by atoms with van der Waals surface area (Å²) >= 11 is 0. The zero-order valence-electron chi connectivity index (χ0n) is 90.4. The third-order valence-electron chi connectivity index (χ3n) is 28.2. The summed E-state index contributed by atoms with van der Waals surface area (Å²) in [5.41, 5.74) is -1.62. The monoisotopic (exact) mass is 1970 g/mol. The van der Waals surface area contributed by atoms with Crippen LogP contribution in [0.2, 0.25) is 0 Å². The van der Waals surface area contributed by atoms with Crippen molar-refractivity contribution in [1.82, 2.24) is 14.7 Å². The maximum atomic E-state index is 15.4. The first-order chi connectivity index (χ1) is 67.6. The SMILES string of the molecule is CCCCCCCCCCCCCCC(CCCCCCCCCCCCCC)C(=O)OCC(COC(=O)OCCCOC(=O)CC(C(=O)O)N(CCN(CC(=O)O)CC(=O)O)CCN(CC(=O)O)CC(=O)O)(COC(=O)C(CCCCCCCCCCCCCC)CCCCCCCCCCCCCC)COC(=O)C(CCCCCCCCCCCCCC)CCCCCCCCCCCCCC. The number of hydrogen-bond donors (Lipinski definition) is 5. The van der Waals surface area contributed by atoms with Gasteiger partial charge in [-0.15, -0.1) is 0 Å². The Kier molecular flexibility index (Phi) is 95.7. The standard InChI is InChI=1S/C115H215N3O21/c1-7-13-19-25-31-37-43-49-55-61-67-73-80-101(81-74-68-62-56-50-44-38-32-26-20-14-8-2)111(130)136-97-115(98-137-112(131)102(82-75-69-63-57-51-45-39-33-27-21-15-9-3)83-76-70-64-58-52-46-40-34-28-22-16-10-4,99-138-113(132)103(84-77-71-65-59-53-47-41-35-29-23-17-11-5)85-78-72-66-60-54-48-42-36-30-24-18-12-6)100-139-114(133)135-91-79-90-134-109(127)92-104(110(128)129)118(88-86-116(93-105(119)120)94-106(121)122)89-87-117(95-107(123)124)96-108(125)126/h101-104H,7-100H2,1-6H3,(H,119,120)(H,121,122)(H,123,124)(H,125,126)(H,128,129). The number of ether oxygens (including phenoxy) is 6. The molecule has 0 saturated carbocycles. The van der Waals surface area contributed by atoms with Gasteiger partial charge in [0.05, 0.1) is 63.6 Å². The van der Waals surface area contributed by atoms with Crippen molar-refractivity contribution in [3.05, 3.63) is 0 Å². The van der Waals surface area contributed by atoms with E-state index in [1.807, 2.05) is 0 Å². The normalized spacial score (nSPS) is 12.0. The van der Waals surface area contributed by atoms with Crippen molar-refractivity contribution in [1.29, 1.82) is 0 Å². The van der Waals surface area contributed by atoms with Crippen LogP contribution in [0, 0.1) is 23.2 Å². The molecule has 0 aromatic rings. The second kappa shape index (κ2) is 99.7. The van der Waals surface area contributed by atoms with E-state index in [4.69, 9.17) is 28.4 Å². The van der Waals surface area contributed by atoms with Crippen LogP contribution < -0.4 is 0 Å². The second-order valence-corrected chi connectivity index (χ2v) is 41.5. The largest absolute Gasteiger partial charge is 0.508 e. The van der Waals surface area contributed by atoms with Crippen LogP contribution in [0.5, 0.6) is 0 Å². The molecule has 0 aliphatic carbocycles. The van der Waals surface area contributed by atoms with Crippen LogP contribution in [0.15, 0.2) is 0 Å². The van der Waals surface area contributed by atoms with Crippen LogP contribution in [0.25, 0.3) is 0 Å². The van der Waals surface area contributed by atoms with Gasteiger partial charge in [-0.25, -0.2) is 4.79 Å². The van der Waals surface area contributed by atoms with Gasteiger partial charge in [-0.1, -0.05) is 504 Å². The molecule has 0 saturated heterocycles. The molecule has 1 unspecified atom stereocenters. The highest BCUT2D eigenvalue weighted by Crippen LogP contribution is 2.32. The summed E-state index contributed by atoms with van der Waals surface area (Å²) in [6.45, 7) is 6.67. The van der Waals surface area contributed by atoms with Gasteiger partial charge in [-0.2, -0.15) is 0 Å². The molecule has 0 rings (SSSR count). The predicted octanol–water partition coefficient (Wildman–Crippen LogP) is 30.2. The Bertz CT molecular complexity index is 2550. The van der Waals surface area contributed by atoms with Gasteiger partial charge in [0.1, 0.15) is 37.9 Å². The summed E-state index contributed by atoms with van der Waals surface area (Å²) in [6.07, 6.45) is 86.8. The van der Waals surface area contributed by atoms with Crippen molar-refractivity contribution in [2.75, 3.05) is 92.0 Å². The summed E-state index contributed by atoms with van der Waals surface area (Å²) in [6, 6.07) is -1.71. The molecule has 0 aromatic heterocycles. The fraction of sp³-hybridized carbons (Fsp3) is 0.913. The maximum absolute atomic E-state index is 15.4. The first kappa shape index (κ1) is 133. The van der Waals surface area contributed by atoms with Gasteiger partial charge >= 0.3 is 59.9 Å². The molecule has 0 heterocycles. The fourth-order valence-electron chi connectivity index (χ4n) is 19.2. The number of aliphatic carboxylic acids is 5. The Hall–Kier alpha value is -5.62. The third-order valence-corrected chi connectivity index (χ3v) is 28.2. The van der Waals surface area contributed by atoms with Gasteiger partial charge in [-0.05, 0) is 38.5 Å². The minimum absolute atomic E-state index is 0.113. The zero-order valence-corrected chi connectivity index (χ0v) is 90.4. The highest BCUT2D eigenvalue weighted by Gasteiger charge is 2.41. The van der Waals surface area contributed by atoms with E-state index < -0.39 is 148 Å². The van der Waals surface area contributed by atoms with E-state index in [2.05, 4.69) is 41.5 Å². The Morgan fingerprint density at radius 2 is 0.410 bits per heavy atom. The number of carboxylic acids is 5. The zero-order chi connectivity index (χ0) is 102. The quantitative estimate of drug-likeness (QED) is 0.0214. The first-order valence-electron chi connectivity index (χ1n) is 58.3. The number of rotatable bonds is 111. The molecule has 0 spiro atoms. The summed E-state index contributed by atoms with van der Waals surface area (Å²) in [5.74, 6) is -10.5. The molecule has 0 bridgehead atoms. The predicted molar refractivity (Wildman–Crippen MR) is 564 cm³/mol. The minimum atomic E-state index is -1.71. The van der Waals surface area contributed by atoms with Crippen LogP contribution in [0.4, 0.5) is 4.79 Å². The number of carboxylic acid groups (broad SMARTS) is 5. The average molecular weight is 1980 g/mol. The van der Waals surface area contributed by atoms with Crippen molar-refractivity contribution < 1.29 is 102 Å². The summed E-state index contributed by atoms with van der Waals surface area (Å²) in [5, 5.41) is 48.9. The number of esters is 4. The molecule has 0 aromatic carbocycles. The third kappa shape index (κ3) is 87.5. The molecule has 5 N–H and O–H groups in total. The van der Waals surface area contributed by atoms with Crippen LogP contribution >= 0.6 is 0 Å². The molecule has 0 radical (unpaired) electrons.